The van der Waals surface area contributed by atoms with Crippen LogP contribution in [0.4, 0.5) is 0 Å². The summed E-state index contributed by atoms with van der Waals surface area (Å²) < 4.78 is 2.03. The van der Waals surface area contributed by atoms with Crippen LogP contribution in [0, 0.1) is 10.8 Å². The van der Waals surface area contributed by atoms with E-state index in [0.717, 1.165) is 4.80 Å². The molecule has 23 heavy (non-hydrogen) atoms. The highest BCUT2D eigenvalue weighted by Gasteiger charge is 2.15. The summed E-state index contributed by atoms with van der Waals surface area (Å²) in [4.78, 5) is 6.47. The lowest BCUT2D eigenvalue weighted by Crippen LogP contribution is -2.09. The molecular weight excluding hydrogens is 300 g/mol. The second-order valence-electron chi connectivity index (χ2n) is 7.40. The number of fused-ring (bicyclic) bond motifs is 1. The molecule has 0 N–H and O–H groups in total. The van der Waals surface area contributed by atoms with Crippen molar-refractivity contribution in [3.8, 4) is 0 Å². The van der Waals surface area contributed by atoms with Crippen LogP contribution in [0.3, 0.4) is 0 Å². The van der Waals surface area contributed by atoms with E-state index in [1.807, 2.05) is 31.7 Å². The van der Waals surface area contributed by atoms with Crippen LogP contribution in [-0.4, -0.2) is 11.6 Å². The molecule has 0 bridgehead atoms. The lowest BCUT2D eigenvalue weighted by Gasteiger charge is -2.12. The van der Waals surface area contributed by atoms with E-state index in [4.69, 9.17) is 0 Å². The molecule has 0 atom stereocenters. The molecule has 1 aliphatic carbocycles. The summed E-state index contributed by atoms with van der Waals surface area (Å²) in [6.07, 6.45) is 10.6. The first-order valence-electron chi connectivity index (χ1n) is 8.26. The van der Waals surface area contributed by atoms with Crippen molar-refractivity contribution in [2.24, 2.45) is 15.8 Å². The Bertz CT molecular complexity index is 611. The van der Waals surface area contributed by atoms with Crippen molar-refractivity contribution in [3.05, 3.63) is 34.1 Å². The summed E-state index contributed by atoms with van der Waals surface area (Å²) in [5, 5.41) is 0. The van der Waals surface area contributed by atoms with Crippen molar-refractivity contribution in [1.82, 2.24) is 4.57 Å². The van der Waals surface area contributed by atoms with Crippen LogP contribution in [0.5, 0.6) is 0 Å². The summed E-state index contributed by atoms with van der Waals surface area (Å²) in [7, 11) is 1.81. The average Bonchev–Trinajstić information content (AvgIpc) is 2.73. The lowest BCUT2D eigenvalue weighted by molar-refractivity contribution is 0.469. The van der Waals surface area contributed by atoms with Gasteiger partial charge in [0, 0.05) is 18.7 Å². The molecule has 0 fully saturated rings. The van der Waals surface area contributed by atoms with Gasteiger partial charge in [0.15, 0.2) is 4.80 Å². The van der Waals surface area contributed by atoms with Gasteiger partial charge < -0.3 is 0 Å². The molecule has 3 heteroatoms. The maximum absolute atomic E-state index is 4.26. The predicted octanol–water partition coefficient (Wildman–Crippen LogP) is 6.33. The number of thiazole rings is 1. The number of nitrogens with zero attached hydrogens (tertiary/aromatic N) is 2. The number of rotatable bonds is 1. The molecular formula is C20H34N2S. The molecule has 1 aromatic rings. The third-order valence-electron chi connectivity index (χ3n) is 2.63. The number of allylic oxidation sites excluding steroid dienone is 2. The fourth-order valence-electron chi connectivity index (χ4n) is 1.67. The highest BCUT2D eigenvalue weighted by molar-refractivity contribution is 7.10. The van der Waals surface area contributed by atoms with Gasteiger partial charge in [-0.05, 0) is 17.6 Å². The standard InChI is InChI=1S/C13H16N2S.C5H12.C2H6/c1-5-15-10-6-8-13(2,3)9-7-11(10)16-12(15)14-4;1-5(2,3)4;1-2/h5-9H,1H2,2-4H3;1-4H3;1-2H3. The van der Waals surface area contributed by atoms with Gasteiger partial charge in [-0.2, -0.15) is 0 Å². The van der Waals surface area contributed by atoms with Gasteiger partial charge in [-0.3, -0.25) is 9.56 Å². The second-order valence-corrected chi connectivity index (χ2v) is 8.41. The molecule has 1 heterocycles. The molecule has 0 spiro atoms. The molecule has 0 radical (unpaired) electrons. The first-order valence-corrected chi connectivity index (χ1v) is 9.08. The second kappa shape index (κ2) is 9.07. The highest BCUT2D eigenvalue weighted by atomic mass is 32.1. The van der Waals surface area contributed by atoms with Gasteiger partial charge in [0.2, 0.25) is 0 Å². The zero-order chi connectivity index (χ0) is 18.3. The Morgan fingerprint density at radius 1 is 1.13 bits per heavy atom. The van der Waals surface area contributed by atoms with Crippen LogP contribution < -0.4 is 4.80 Å². The maximum atomic E-state index is 4.26. The first-order chi connectivity index (χ1) is 10.6. The van der Waals surface area contributed by atoms with Gasteiger partial charge in [-0.15, -0.1) is 0 Å². The fraction of sp³-hybridized carbons (Fsp3) is 0.550. The largest absolute Gasteiger partial charge is 0.293 e. The summed E-state index contributed by atoms with van der Waals surface area (Å²) in [5.41, 5.74) is 1.78. The fourth-order valence-corrected chi connectivity index (χ4v) is 2.64. The molecule has 1 aliphatic rings. The van der Waals surface area contributed by atoms with Gasteiger partial charge in [-0.1, -0.05) is 85.5 Å². The van der Waals surface area contributed by atoms with Crippen LogP contribution in [0.15, 0.2) is 23.7 Å². The molecule has 0 unspecified atom stereocenters. The summed E-state index contributed by atoms with van der Waals surface area (Å²) >= 11 is 1.69. The molecule has 1 aromatic heterocycles. The van der Waals surface area contributed by atoms with Gasteiger partial charge in [0.05, 0.1) is 10.6 Å². The van der Waals surface area contributed by atoms with Crippen LogP contribution in [0.2, 0.25) is 0 Å². The van der Waals surface area contributed by atoms with Gasteiger partial charge in [0.25, 0.3) is 0 Å². The van der Waals surface area contributed by atoms with Crippen LogP contribution in [0.1, 0.15) is 66.0 Å². The molecule has 0 aliphatic heterocycles. The highest BCUT2D eigenvalue weighted by Crippen LogP contribution is 2.28. The molecule has 2 nitrogen and oxygen atoms in total. The van der Waals surface area contributed by atoms with Crippen LogP contribution in [0.25, 0.3) is 18.4 Å². The SMILES string of the molecule is C=Cn1c2c(sc1=NC)C=CC(C)(C)C=C2.CC.CC(C)(C)C. The molecule has 0 saturated carbocycles. The number of aromatic nitrogens is 1. The Hall–Kier alpha value is -1.35. The minimum absolute atomic E-state index is 0.112. The third kappa shape index (κ3) is 7.65. The zero-order valence-electron chi connectivity index (χ0n) is 16.4. The minimum Gasteiger partial charge on any atom is -0.293 e. The van der Waals surface area contributed by atoms with Crippen molar-refractivity contribution >= 4 is 29.7 Å². The monoisotopic (exact) mass is 334 g/mol. The smallest absolute Gasteiger partial charge is 0.189 e. The summed E-state index contributed by atoms with van der Waals surface area (Å²) in [6.45, 7) is 21.0. The lowest BCUT2D eigenvalue weighted by atomic mass is 9.93. The molecule has 0 aromatic carbocycles. The van der Waals surface area contributed by atoms with E-state index >= 15 is 0 Å². The van der Waals surface area contributed by atoms with Gasteiger partial charge in [-0.25, -0.2) is 0 Å². The third-order valence-corrected chi connectivity index (χ3v) is 3.76. The number of hydrogen-bond acceptors (Lipinski definition) is 2. The summed E-state index contributed by atoms with van der Waals surface area (Å²) in [6, 6.07) is 0. The van der Waals surface area contributed by atoms with E-state index < -0.39 is 0 Å². The Morgan fingerprint density at radius 3 is 2.04 bits per heavy atom. The van der Waals surface area contributed by atoms with Crippen LogP contribution in [-0.2, 0) is 0 Å². The number of hydrogen-bond donors (Lipinski definition) is 0. The average molecular weight is 335 g/mol. The van der Waals surface area contributed by atoms with Crippen molar-refractivity contribution in [3.63, 3.8) is 0 Å². The molecule has 2 rings (SSSR count). The molecule has 0 amide bonds. The zero-order valence-corrected chi connectivity index (χ0v) is 17.2. The van der Waals surface area contributed by atoms with Crippen molar-refractivity contribution in [2.75, 3.05) is 7.05 Å². The quantitative estimate of drug-likeness (QED) is 0.571. The normalized spacial score (nSPS) is 15.6. The maximum Gasteiger partial charge on any atom is 0.189 e. The minimum atomic E-state index is 0.112. The Morgan fingerprint density at radius 2 is 1.61 bits per heavy atom. The van der Waals surface area contributed by atoms with Crippen molar-refractivity contribution in [2.45, 2.75) is 55.4 Å². The van der Waals surface area contributed by atoms with E-state index in [2.05, 4.69) is 77.4 Å². The van der Waals surface area contributed by atoms with Crippen molar-refractivity contribution < 1.29 is 0 Å². The molecule has 130 valence electrons. The van der Waals surface area contributed by atoms with Gasteiger partial charge in [0.1, 0.15) is 0 Å². The van der Waals surface area contributed by atoms with E-state index in [-0.39, 0.29) is 5.41 Å². The predicted molar refractivity (Wildman–Crippen MR) is 109 cm³/mol. The first kappa shape index (κ1) is 21.6. The summed E-state index contributed by atoms with van der Waals surface area (Å²) in [5.74, 6) is 0. The Labute approximate surface area is 147 Å². The molecule has 0 saturated heterocycles. The van der Waals surface area contributed by atoms with Crippen molar-refractivity contribution in [1.29, 1.82) is 0 Å². The van der Waals surface area contributed by atoms with E-state index in [9.17, 15) is 0 Å². The van der Waals surface area contributed by atoms with E-state index in [1.54, 1.807) is 11.3 Å². The van der Waals surface area contributed by atoms with Crippen LogP contribution >= 0.6 is 11.3 Å². The Balaban J connectivity index is 0.000000594. The van der Waals surface area contributed by atoms with Gasteiger partial charge >= 0.3 is 0 Å². The Kier molecular flexibility index (Phi) is 8.54. The topological polar surface area (TPSA) is 17.3 Å². The van der Waals surface area contributed by atoms with E-state index in [0.29, 0.717) is 5.41 Å². The van der Waals surface area contributed by atoms with E-state index in [1.165, 1.54) is 10.6 Å².